The molecule has 2 aliphatic rings. The molecule has 3 aromatic rings. The minimum atomic E-state index is 0.0311. The molecule has 0 N–H and O–H groups in total. The van der Waals surface area contributed by atoms with Gasteiger partial charge in [0.1, 0.15) is 11.6 Å². The molecule has 0 aromatic carbocycles. The Labute approximate surface area is 165 Å². The molecular formula is C21H27N7. The monoisotopic (exact) mass is 377 g/mol. The van der Waals surface area contributed by atoms with Gasteiger partial charge in [0, 0.05) is 35.3 Å². The maximum Gasteiger partial charge on any atom is 0.140 e. The van der Waals surface area contributed by atoms with Crippen molar-refractivity contribution in [2.75, 3.05) is 4.90 Å². The molecule has 146 valence electrons. The molecule has 2 bridgehead atoms. The summed E-state index contributed by atoms with van der Waals surface area (Å²) < 4.78 is 2.11. The van der Waals surface area contributed by atoms with Crippen LogP contribution in [0.15, 0.2) is 24.7 Å². The van der Waals surface area contributed by atoms with E-state index in [0.717, 1.165) is 41.1 Å². The summed E-state index contributed by atoms with van der Waals surface area (Å²) in [5.41, 5.74) is 2.02. The first kappa shape index (κ1) is 17.5. The van der Waals surface area contributed by atoms with Crippen molar-refractivity contribution in [1.82, 2.24) is 29.9 Å². The number of fused-ring (bicyclic) bond motifs is 3. The zero-order valence-electron chi connectivity index (χ0n) is 17.0. The molecule has 0 amide bonds. The standard InChI is InChI=1S/C21H27N7/c1-13-23-18-11-22-8-7-17(18)20(24-13)28-14-5-6-15(28)10-16(9-14)27-12-19(25-26-27)21(2,3)4/h7-8,11-12,14-16H,5-6,9-10H2,1-4H3. The first-order valence-corrected chi connectivity index (χ1v) is 10.2. The summed E-state index contributed by atoms with van der Waals surface area (Å²) in [4.78, 5) is 16.2. The van der Waals surface area contributed by atoms with E-state index in [0.29, 0.717) is 18.1 Å². The van der Waals surface area contributed by atoms with Crippen molar-refractivity contribution in [3.63, 3.8) is 0 Å². The van der Waals surface area contributed by atoms with Crippen molar-refractivity contribution in [2.24, 2.45) is 0 Å². The van der Waals surface area contributed by atoms with Gasteiger partial charge in [-0.05, 0) is 38.7 Å². The average molecular weight is 377 g/mol. The van der Waals surface area contributed by atoms with Crippen LogP contribution in [0.5, 0.6) is 0 Å². The number of anilines is 1. The molecule has 2 fully saturated rings. The third-order valence-electron chi connectivity index (χ3n) is 6.20. The van der Waals surface area contributed by atoms with Gasteiger partial charge in [-0.2, -0.15) is 0 Å². The van der Waals surface area contributed by atoms with E-state index in [-0.39, 0.29) is 5.41 Å². The zero-order valence-corrected chi connectivity index (χ0v) is 17.0. The summed E-state index contributed by atoms with van der Waals surface area (Å²) >= 11 is 0. The maximum atomic E-state index is 4.85. The molecule has 5 rings (SSSR count). The van der Waals surface area contributed by atoms with Gasteiger partial charge in [-0.3, -0.25) is 4.98 Å². The van der Waals surface area contributed by atoms with Gasteiger partial charge >= 0.3 is 0 Å². The average Bonchev–Trinajstić information content (AvgIpc) is 3.24. The minimum Gasteiger partial charge on any atom is -0.350 e. The number of nitrogens with zero attached hydrogens (tertiary/aromatic N) is 7. The van der Waals surface area contributed by atoms with Gasteiger partial charge < -0.3 is 4.90 Å². The fraction of sp³-hybridized carbons (Fsp3) is 0.571. The highest BCUT2D eigenvalue weighted by Gasteiger charge is 2.43. The smallest absolute Gasteiger partial charge is 0.140 e. The summed E-state index contributed by atoms with van der Waals surface area (Å²) in [6.07, 6.45) is 10.4. The molecule has 2 aliphatic heterocycles. The Bertz CT molecular complexity index is 1010. The Balaban J connectivity index is 1.47. The Morgan fingerprint density at radius 1 is 1.04 bits per heavy atom. The van der Waals surface area contributed by atoms with Crippen molar-refractivity contribution in [2.45, 2.75) is 76.9 Å². The molecule has 28 heavy (non-hydrogen) atoms. The van der Waals surface area contributed by atoms with Crippen LogP contribution < -0.4 is 4.90 Å². The lowest BCUT2D eigenvalue weighted by Gasteiger charge is -2.40. The van der Waals surface area contributed by atoms with Crippen molar-refractivity contribution >= 4 is 16.7 Å². The van der Waals surface area contributed by atoms with Gasteiger partial charge in [0.15, 0.2) is 0 Å². The summed E-state index contributed by atoms with van der Waals surface area (Å²) in [5, 5.41) is 10.0. The van der Waals surface area contributed by atoms with Crippen molar-refractivity contribution in [3.05, 3.63) is 36.2 Å². The first-order chi connectivity index (χ1) is 13.4. The fourth-order valence-corrected chi connectivity index (χ4v) is 4.78. The number of piperidine rings is 1. The van der Waals surface area contributed by atoms with Crippen LogP contribution in [0.25, 0.3) is 10.9 Å². The minimum absolute atomic E-state index is 0.0311. The van der Waals surface area contributed by atoms with E-state index in [1.807, 2.05) is 25.4 Å². The summed E-state index contributed by atoms with van der Waals surface area (Å²) in [6.45, 7) is 8.52. The lowest BCUT2D eigenvalue weighted by Crippen LogP contribution is -2.44. The Morgan fingerprint density at radius 2 is 1.79 bits per heavy atom. The van der Waals surface area contributed by atoms with Crippen molar-refractivity contribution < 1.29 is 0 Å². The van der Waals surface area contributed by atoms with Gasteiger partial charge in [-0.25, -0.2) is 14.6 Å². The number of hydrogen-bond acceptors (Lipinski definition) is 6. The predicted molar refractivity (Wildman–Crippen MR) is 108 cm³/mol. The van der Waals surface area contributed by atoms with Crippen LogP contribution in [0.2, 0.25) is 0 Å². The van der Waals surface area contributed by atoms with Gasteiger partial charge in [-0.1, -0.05) is 26.0 Å². The number of rotatable bonds is 2. The van der Waals surface area contributed by atoms with Crippen molar-refractivity contribution in [3.8, 4) is 0 Å². The number of hydrogen-bond donors (Lipinski definition) is 0. The summed E-state index contributed by atoms with van der Waals surface area (Å²) in [7, 11) is 0. The van der Waals surface area contributed by atoms with Crippen LogP contribution in [0, 0.1) is 6.92 Å². The molecular weight excluding hydrogens is 350 g/mol. The van der Waals surface area contributed by atoms with Crippen LogP contribution in [0.3, 0.4) is 0 Å². The normalized spacial score (nSPS) is 24.9. The van der Waals surface area contributed by atoms with Gasteiger partial charge in [-0.15, -0.1) is 5.10 Å². The third-order valence-corrected chi connectivity index (χ3v) is 6.20. The van der Waals surface area contributed by atoms with E-state index >= 15 is 0 Å². The molecule has 0 spiro atoms. The Morgan fingerprint density at radius 3 is 2.46 bits per heavy atom. The zero-order chi connectivity index (χ0) is 19.5. The molecule has 7 nitrogen and oxygen atoms in total. The van der Waals surface area contributed by atoms with Crippen molar-refractivity contribution in [1.29, 1.82) is 0 Å². The van der Waals surface area contributed by atoms with E-state index in [1.165, 1.54) is 12.8 Å². The third kappa shape index (κ3) is 2.84. The highest BCUT2D eigenvalue weighted by Crippen LogP contribution is 2.44. The molecule has 7 heteroatoms. The van der Waals surface area contributed by atoms with Crippen LogP contribution in [-0.4, -0.2) is 42.0 Å². The lowest BCUT2D eigenvalue weighted by atomic mass is 9.93. The summed E-state index contributed by atoms with van der Waals surface area (Å²) in [6, 6.07) is 3.42. The largest absolute Gasteiger partial charge is 0.350 e. The van der Waals surface area contributed by atoms with E-state index in [9.17, 15) is 0 Å². The SMILES string of the molecule is Cc1nc(N2C3CCC2CC(n2cc(C(C)(C)C)nn2)C3)c2ccncc2n1. The number of aromatic nitrogens is 6. The second-order valence-corrected chi connectivity index (χ2v) is 9.24. The fourth-order valence-electron chi connectivity index (χ4n) is 4.78. The van der Waals surface area contributed by atoms with E-state index in [2.05, 4.69) is 56.8 Å². The molecule has 2 saturated heterocycles. The Kier molecular flexibility index (Phi) is 3.89. The molecule has 5 heterocycles. The highest BCUT2D eigenvalue weighted by atomic mass is 15.4. The molecule has 2 atom stereocenters. The second-order valence-electron chi connectivity index (χ2n) is 9.24. The van der Waals surface area contributed by atoms with Crippen LogP contribution in [-0.2, 0) is 5.41 Å². The number of pyridine rings is 1. The van der Waals surface area contributed by atoms with E-state index in [1.54, 1.807) is 0 Å². The number of aryl methyl sites for hydroxylation is 1. The van der Waals surface area contributed by atoms with Gasteiger partial charge in [0.2, 0.25) is 0 Å². The molecule has 0 saturated carbocycles. The van der Waals surface area contributed by atoms with Crippen LogP contribution >= 0.6 is 0 Å². The van der Waals surface area contributed by atoms with Crippen LogP contribution in [0.4, 0.5) is 5.82 Å². The second kappa shape index (κ2) is 6.22. The Hall–Kier alpha value is -2.57. The quantitative estimate of drug-likeness (QED) is 0.679. The van der Waals surface area contributed by atoms with E-state index < -0.39 is 0 Å². The topological polar surface area (TPSA) is 72.6 Å². The highest BCUT2D eigenvalue weighted by molar-refractivity contribution is 5.89. The molecule has 2 unspecified atom stereocenters. The van der Waals surface area contributed by atoms with E-state index in [4.69, 9.17) is 4.98 Å². The van der Waals surface area contributed by atoms with Gasteiger partial charge in [0.05, 0.1) is 23.4 Å². The molecule has 3 aromatic heterocycles. The lowest BCUT2D eigenvalue weighted by molar-refractivity contribution is 0.309. The first-order valence-electron chi connectivity index (χ1n) is 10.2. The van der Waals surface area contributed by atoms with Crippen LogP contribution in [0.1, 0.15) is 64.0 Å². The maximum absolute atomic E-state index is 4.85. The predicted octanol–water partition coefficient (Wildman–Crippen LogP) is 3.59. The van der Waals surface area contributed by atoms with Gasteiger partial charge in [0.25, 0.3) is 0 Å². The molecule has 0 aliphatic carbocycles. The molecule has 0 radical (unpaired) electrons. The summed E-state index contributed by atoms with van der Waals surface area (Å²) in [5.74, 6) is 1.88.